The molecule has 2 aliphatic rings. The van der Waals surface area contributed by atoms with Crippen LogP contribution in [0, 0.1) is 0 Å². The van der Waals surface area contributed by atoms with Crippen LogP contribution in [0.3, 0.4) is 0 Å². The van der Waals surface area contributed by atoms with Crippen LogP contribution in [0.5, 0.6) is 0 Å². The molecule has 7 aromatic heterocycles. The molecule has 0 unspecified atom stereocenters. The first-order chi connectivity index (χ1) is 32.7. The molecule has 0 aromatic carbocycles. The molecule has 0 radical (unpaired) electrons. The molecule has 0 amide bonds. The highest BCUT2D eigenvalue weighted by atomic mass is 15.0. The topological polar surface area (TPSA) is 160 Å². The molecule has 12 nitrogen and oxygen atoms in total. The van der Waals surface area contributed by atoms with Gasteiger partial charge in [0.15, 0.2) is 0 Å². The zero-order valence-electron chi connectivity index (χ0n) is 47.8. The summed E-state index contributed by atoms with van der Waals surface area (Å²) in [4.78, 5) is 63.2. The smallest absolute Gasteiger partial charge is 0.117 e. The van der Waals surface area contributed by atoms with Gasteiger partial charge in [-0.05, 0) is 24.3 Å². The Morgan fingerprint density at radius 1 is 0.222 bits per heavy atom. The van der Waals surface area contributed by atoms with Gasteiger partial charge in [-0.1, -0.05) is 166 Å². The van der Waals surface area contributed by atoms with E-state index in [0.717, 1.165) is 89.7 Å². The first-order valence-electron chi connectivity index (χ1n) is 25.8. The van der Waals surface area contributed by atoms with E-state index in [4.69, 9.17) is 49.8 Å². The minimum atomic E-state index is -0.309. The van der Waals surface area contributed by atoms with Crippen molar-refractivity contribution in [1.29, 1.82) is 0 Å². The third-order valence-corrected chi connectivity index (χ3v) is 13.4. The van der Waals surface area contributed by atoms with Crippen LogP contribution in [0.15, 0.2) is 24.3 Å². The summed E-state index contributed by atoms with van der Waals surface area (Å²) >= 11 is 0. The Labute approximate surface area is 427 Å². The Morgan fingerprint density at radius 3 is 0.528 bits per heavy atom. The normalized spacial score (nSPS) is 14.1. The van der Waals surface area contributed by atoms with Crippen molar-refractivity contribution in [1.82, 2.24) is 59.8 Å². The van der Waals surface area contributed by atoms with Crippen LogP contribution in [0.1, 0.15) is 212 Å². The van der Waals surface area contributed by atoms with Gasteiger partial charge in [0.05, 0.1) is 90.4 Å². The average Bonchev–Trinajstić information content (AvgIpc) is 3.94. The van der Waals surface area contributed by atoms with Gasteiger partial charge in [0.25, 0.3) is 0 Å². The Morgan fingerprint density at radius 2 is 0.375 bits per heavy atom. The number of hydrogen-bond acceptors (Lipinski definition) is 10. The molecule has 0 saturated carbocycles. The van der Waals surface area contributed by atoms with Crippen molar-refractivity contribution in [3.8, 4) is 45.6 Å². The van der Waals surface area contributed by atoms with Crippen molar-refractivity contribution in [3.05, 3.63) is 69.8 Å². The third kappa shape index (κ3) is 8.78. The maximum atomic E-state index is 5.58. The van der Waals surface area contributed by atoms with E-state index in [1.165, 1.54) is 0 Å². The summed E-state index contributed by atoms with van der Waals surface area (Å²) in [5, 5.41) is 0. The fourth-order valence-electron chi connectivity index (χ4n) is 9.76. The summed E-state index contributed by atoms with van der Waals surface area (Å²) in [5.41, 5.74) is 16.5. The van der Waals surface area contributed by atoms with Gasteiger partial charge in [0.1, 0.15) is 44.8 Å². The highest BCUT2D eigenvalue weighted by molar-refractivity contribution is 6.06. The molecule has 2 N–H and O–H groups in total. The minimum absolute atomic E-state index is 0.305. The van der Waals surface area contributed by atoms with Crippen molar-refractivity contribution in [2.24, 2.45) is 0 Å². The van der Waals surface area contributed by atoms with Gasteiger partial charge in [-0.15, -0.1) is 0 Å². The van der Waals surface area contributed by atoms with E-state index >= 15 is 0 Å². The molecule has 0 spiro atoms. The first kappa shape index (κ1) is 50.9. The average molecular weight is 967 g/mol. The highest BCUT2D eigenvalue weighted by Crippen LogP contribution is 2.44. The lowest BCUT2D eigenvalue weighted by Gasteiger charge is -2.28. The van der Waals surface area contributed by atoms with E-state index in [0.29, 0.717) is 45.6 Å². The number of hydrogen-bond donors (Lipinski definition) is 2. The van der Waals surface area contributed by atoms with Crippen LogP contribution in [0.4, 0.5) is 0 Å². The Balaban J connectivity index is 1.57. The van der Waals surface area contributed by atoms with E-state index in [9.17, 15) is 0 Å². The molecule has 12 heteroatoms. The number of nitrogens with one attached hydrogen (secondary N) is 2. The fraction of sp³-hybridized carbons (Fsp3) is 0.533. The zero-order chi connectivity index (χ0) is 53.2. The van der Waals surface area contributed by atoms with Crippen molar-refractivity contribution in [3.63, 3.8) is 0 Å². The van der Waals surface area contributed by atoms with Gasteiger partial charge in [-0.3, -0.25) is 0 Å². The molecule has 9 rings (SSSR count). The number of aromatic amines is 2. The van der Waals surface area contributed by atoms with Gasteiger partial charge in [0, 0.05) is 43.3 Å². The second-order valence-electron chi connectivity index (χ2n) is 28.7. The van der Waals surface area contributed by atoms with Gasteiger partial charge in [0.2, 0.25) is 0 Å². The number of H-pyrrole nitrogens is 2. The Hall–Kier alpha value is -6.04. The molecule has 0 saturated heterocycles. The van der Waals surface area contributed by atoms with E-state index in [1.54, 1.807) is 0 Å². The van der Waals surface area contributed by atoms with E-state index in [1.807, 2.05) is 0 Å². The second-order valence-corrected chi connectivity index (χ2v) is 28.7. The lowest BCUT2D eigenvalue weighted by Crippen LogP contribution is -2.25. The van der Waals surface area contributed by atoms with Crippen LogP contribution >= 0.6 is 0 Å². The largest absolute Gasteiger partial charge is 0.352 e. The summed E-state index contributed by atoms with van der Waals surface area (Å²) < 4.78 is 0. The summed E-state index contributed by atoms with van der Waals surface area (Å²) in [5.74, 6) is 0. The van der Waals surface area contributed by atoms with Crippen LogP contribution in [-0.2, 0) is 43.3 Å². The predicted molar refractivity (Wildman–Crippen MR) is 297 cm³/mol. The predicted octanol–water partition coefficient (Wildman–Crippen LogP) is 14.8. The molecule has 8 bridgehead atoms. The van der Waals surface area contributed by atoms with E-state index < -0.39 is 0 Å². The first-order valence-corrected chi connectivity index (χ1v) is 25.8. The van der Waals surface area contributed by atoms with Crippen LogP contribution in [0.2, 0.25) is 0 Å². The van der Waals surface area contributed by atoms with Gasteiger partial charge >= 0.3 is 0 Å². The molecule has 378 valence electrons. The molecule has 72 heavy (non-hydrogen) atoms. The minimum Gasteiger partial charge on any atom is -0.352 e. The highest BCUT2D eigenvalue weighted by Gasteiger charge is 2.37. The molecule has 2 aliphatic heterocycles. The molecule has 0 atom stereocenters. The number of aromatic nitrogens is 12. The third-order valence-electron chi connectivity index (χ3n) is 13.4. The number of fused-ring (bicyclic) bond motifs is 20. The van der Waals surface area contributed by atoms with E-state index in [-0.39, 0.29) is 43.3 Å². The van der Waals surface area contributed by atoms with Crippen LogP contribution < -0.4 is 0 Å². The van der Waals surface area contributed by atoms with Gasteiger partial charge in [-0.25, -0.2) is 49.8 Å². The van der Waals surface area contributed by atoms with E-state index in [2.05, 4.69) is 200 Å². The molecular formula is C60H78N12. The Kier molecular flexibility index (Phi) is 11.1. The van der Waals surface area contributed by atoms with Crippen LogP contribution in [-0.4, -0.2) is 59.8 Å². The molecule has 7 aromatic rings. The lowest BCUT2D eigenvalue weighted by molar-refractivity contribution is 0.500. The second kappa shape index (κ2) is 15.7. The fourth-order valence-corrected chi connectivity index (χ4v) is 9.76. The van der Waals surface area contributed by atoms with Gasteiger partial charge < -0.3 is 9.97 Å². The molecular weight excluding hydrogens is 889 g/mol. The van der Waals surface area contributed by atoms with Gasteiger partial charge in [-0.2, -0.15) is 0 Å². The van der Waals surface area contributed by atoms with Crippen molar-refractivity contribution >= 4 is 44.1 Å². The van der Waals surface area contributed by atoms with Crippen molar-refractivity contribution < 1.29 is 0 Å². The maximum Gasteiger partial charge on any atom is 0.117 e. The summed E-state index contributed by atoms with van der Waals surface area (Å²) in [6.07, 6.45) is 0. The summed E-state index contributed by atoms with van der Waals surface area (Å²) in [7, 11) is 0. The Bertz CT molecular complexity index is 3120. The monoisotopic (exact) mass is 967 g/mol. The summed E-state index contributed by atoms with van der Waals surface area (Å²) in [6.45, 7) is 52.9. The van der Waals surface area contributed by atoms with Crippen molar-refractivity contribution in [2.45, 2.75) is 209 Å². The lowest BCUT2D eigenvalue weighted by atomic mass is 9.81. The standard InChI is InChI=1S/C60H78N12/c1-53(2,3)45-46(54(4,5)6)66-38-30-26-32-40-42(70-50(58(16,17)18)49(68-40)57(13,14)15)34(63-32)28-36-44-43(71-51(59(19,20)21)52(72-44)60(22,23)24)35(64-36)27-33-41-39(31(62-33)25-29(61-30)37(38)65-45)67-47(55(7,8)9)48(69-41)56(10,11)12/h25-28,61,64H,1-24H3. The SMILES string of the molecule is CC(C)(C)c1nc2c(nc1C(C)(C)C)-c1cc3[nH]c(cc4nc(cc5[nH]c(cc-2n1)c1nc(C(C)(C)C)c(C(C)(C)C)nc51)-c1nc(C(C)(C)C)c(C(C)(C)C)nc1-4)c1nc(C(C)(C)C)c(C(C)(C)C)nc31. The quantitative estimate of drug-likeness (QED) is 0.150. The molecule has 9 heterocycles. The molecule has 0 aliphatic carbocycles. The maximum absolute atomic E-state index is 5.58. The zero-order valence-corrected chi connectivity index (χ0v) is 47.8. The van der Waals surface area contributed by atoms with Crippen molar-refractivity contribution in [2.75, 3.05) is 0 Å². The molecule has 0 fully saturated rings. The number of rotatable bonds is 0. The van der Waals surface area contributed by atoms with Crippen LogP contribution in [0.25, 0.3) is 89.7 Å². The summed E-state index contributed by atoms with van der Waals surface area (Å²) in [6, 6.07) is 8.31. The number of nitrogens with zero attached hydrogens (tertiary/aromatic N) is 10.